The van der Waals surface area contributed by atoms with E-state index in [2.05, 4.69) is 30.9 Å². The predicted molar refractivity (Wildman–Crippen MR) is 125 cm³/mol. The molecule has 1 fully saturated rings. The molecule has 0 aliphatic carbocycles. The minimum atomic E-state index is -1.21. The maximum absolute atomic E-state index is 12.8. The molecule has 0 radical (unpaired) electrons. The summed E-state index contributed by atoms with van der Waals surface area (Å²) in [5, 5.41) is 36.3. The van der Waals surface area contributed by atoms with Gasteiger partial charge in [0.1, 0.15) is 22.8 Å². The van der Waals surface area contributed by atoms with Gasteiger partial charge in [-0.05, 0) is 0 Å². The molecule has 2 aliphatic rings. The number of carbonyl (C=O) groups is 3. The lowest BCUT2D eigenvalue weighted by Gasteiger charge is -2.49. The lowest BCUT2D eigenvalue weighted by Crippen LogP contribution is -2.71. The van der Waals surface area contributed by atoms with Gasteiger partial charge in [0.2, 0.25) is 0 Å². The summed E-state index contributed by atoms with van der Waals surface area (Å²) >= 11 is 5.31. The average molecular weight is 529 g/mol. The second-order valence-electron chi connectivity index (χ2n) is 6.53. The van der Waals surface area contributed by atoms with Crippen LogP contribution in [0.2, 0.25) is 0 Å². The Morgan fingerprint density at radius 2 is 2.27 bits per heavy atom. The molecule has 174 valence electrons. The normalized spacial score (nSPS) is 20.4. The molecule has 2 aromatic heterocycles. The average Bonchev–Trinajstić information content (AvgIpc) is 3.46. The molecule has 13 nitrogen and oxygen atoms in total. The number of oxime groups is 1. The number of carboxylic acids is 1. The van der Waals surface area contributed by atoms with E-state index in [1.54, 1.807) is 18.0 Å². The number of hydrogen-bond donors (Lipinski definition) is 5. The first kappa shape index (κ1) is 23.4. The number of carbonyl (C=O) groups excluding carboxylic acids is 2. The van der Waals surface area contributed by atoms with E-state index < -0.39 is 29.2 Å². The zero-order chi connectivity index (χ0) is 23.5. The molecule has 0 unspecified atom stereocenters. The summed E-state index contributed by atoms with van der Waals surface area (Å²) in [6.07, 6.45) is 1.62. The van der Waals surface area contributed by atoms with Crippen LogP contribution in [0.1, 0.15) is 11.4 Å². The van der Waals surface area contributed by atoms with Gasteiger partial charge < -0.3 is 21.4 Å². The topological polar surface area (TPSA) is 200 Å². The Kier molecular flexibility index (Phi) is 7.11. The van der Waals surface area contributed by atoms with Crippen LogP contribution in [0.5, 0.6) is 0 Å². The van der Waals surface area contributed by atoms with Crippen molar-refractivity contribution < 1.29 is 24.7 Å². The van der Waals surface area contributed by atoms with E-state index in [0.29, 0.717) is 21.5 Å². The molecule has 2 amide bonds. The molecular formula is C16H16N8O5S4. The number of rotatable bonds is 9. The van der Waals surface area contributed by atoms with Crippen LogP contribution in [0.4, 0.5) is 5.13 Å². The third-order valence-electron chi connectivity index (χ3n) is 4.53. The van der Waals surface area contributed by atoms with Crippen LogP contribution in [-0.2, 0) is 20.1 Å². The second kappa shape index (κ2) is 10.0. The van der Waals surface area contributed by atoms with E-state index in [1.807, 2.05) is 0 Å². The van der Waals surface area contributed by atoms with Crippen molar-refractivity contribution in [2.75, 3.05) is 16.6 Å². The van der Waals surface area contributed by atoms with Gasteiger partial charge in [0.15, 0.2) is 10.8 Å². The summed E-state index contributed by atoms with van der Waals surface area (Å²) in [5.74, 6) is -1.59. The molecule has 2 aromatic rings. The lowest BCUT2D eigenvalue weighted by molar-refractivity contribution is -0.150. The van der Waals surface area contributed by atoms with Gasteiger partial charge in [0, 0.05) is 26.9 Å². The molecule has 0 aromatic carbocycles. The molecule has 4 rings (SSSR count). The highest BCUT2D eigenvalue weighted by Crippen LogP contribution is 2.44. The van der Waals surface area contributed by atoms with Gasteiger partial charge in [-0.1, -0.05) is 5.16 Å². The van der Waals surface area contributed by atoms with Gasteiger partial charge >= 0.3 is 5.97 Å². The summed E-state index contributed by atoms with van der Waals surface area (Å²) in [4.78, 5) is 42.9. The number of aliphatic carboxylic acids is 1. The van der Waals surface area contributed by atoms with Crippen LogP contribution in [0.25, 0.3) is 0 Å². The number of thiazole rings is 1. The van der Waals surface area contributed by atoms with E-state index in [0.717, 1.165) is 17.0 Å². The molecule has 2 aliphatic heterocycles. The number of aromatic amines is 1. The van der Waals surface area contributed by atoms with Crippen molar-refractivity contribution in [3.63, 3.8) is 0 Å². The van der Waals surface area contributed by atoms with Gasteiger partial charge in [-0.25, -0.2) is 9.78 Å². The molecule has 0 saturated carbocycles. The third kappa shape index (κ3) is 4.80. The quantitative estimate of drug-likeness (QED) is 0.0747. The largest absolute Gasteiger partial charge is 0.477 e. The first-order chi connectivity index (χ1) is 15.9. The first-order valence-corrected chi connectivity index (χ1v) is 13.2. The number of aromatic nitrogens is 4. The zero-order valence-electron chi connectivity index (χ0n) is 16.5. The van der Waals surface area contributed by atoms with Crippen molar-refractivity contribution in [3.8, 4) is 0 Å². The highest BCUT2D eigenvalue weighted by molar-refractivity contribution is 8.18. The van der Waals surface area contributed by atoms with Gasteiger partial charge in [0.05, 0.1) is 11.9 Å². The minimum Gasteiger partial charge on any atom is -0.477 e. The number of β-lactam (4-membered cyclic amide) rings is 1. The Bertz CT molecular complexity index is 1130. The standard InChI is InChI=1S/C16H16N8O5S4/c17-16-19-7(3-32-16)9(22-29)12(25)20-10-13(26)24-11(15(27)28)8(4-31-14(10)24)33-5-30-2-6-1-18-23-21-6/h1,3,10,14,29H,2,4-5H2,(H2,17,19)(H,20,25)(H,27,28)(H,18,21,23)/b22-9+/t10-,14-/m1/s1. The first-order valence-electron chi connectivity index (χ1n) is 9.11. The van der Waals surface area contributed by atoms with Crippen LogP contribution in [0, 0.1) is 0 Å². The number of carboxylic acid groups (broad SMARTS) is 1. The number of H-pyrrole nitrogens is 1. The van der Waals surface area contributed by atoms with Crippen LogP contribution in [0.15, 0.2) is 27.3 Å². The third-order valence-corrected chi connectivity index (χ3v) is 8.99. The van der Waals surface area contributed by atoms with Gasteiger partial charge in [-0.2, -0.15) is 15.4 Å². The molecule has 17 heteroatoms. The van der Waals surface area contributed by atoms with Crippen molar-refractivity contribution in [2.24, 2.45) is 5.16 Å². The van der Waals surface area contributed by atoms with E-state index in [4.69, 9.17) is 5.73 Å². The minimum absolute atomic E-state index is 0.0744. The number of nitrogens with two attached hydrogens (primary N) is 1. The Labute approximate surface area is 202 Å². The molecular weight excluding hydrogens is 512 g/mol. The molecule has 4 heterocycles. The highest BCUT2D eigenvalue weighted by Gasteiger charge is 2.54. The number of fused-ring (bicyclic) bond motifs is 1. The fourth-order valence-corrected chi connectivity index (χ4v) is 7.26. The fourth-order valence-electron chi connectivity index (χ4n) is 3.07. The van der Waals surface area contributed by atoms with E-state index >= 15 is 0 Å². The smallest absolute Gasteiger partial charge is 0.353 e. The van der Waals surface area contributed by atoms with Gasteiger partial charge in [0.25, 0.3) is 11.8 Å². The second-order valence-corrected chi connectivity index (χ2v) is 10.9. The van der Waals surface area contributed by atoms with Gasteiger partial charge in [-0.15, -0.1) is 46.6 Å². The SMILES string of the molecule is Nc1nc(/C(=N\O)C(=O)N[C@@H]2C(=O)N3C(C(=O)O)=C(SCSCc4cn[nH]n4)CS[C@H]23)cs1. The summed E-state index contributed by atoms with van der Waals surface area (Å²) in [6.45, 7) is 0. The fraction of sp³-hybridized carbons (Fsp3) is 0.312. The maximum atomic E-state index is 12.8. The van der Waals surface area contributed by atoms with Crippen LogP contribution in [0.3, 0.4) is 0 Å². The number of amides is 2. The van der Waals surface area contributed by atoms with E-state index in [1.165, 1.54) is 33.8 Å². The number of nitrogens with zero attached hydrogens (tertiary/aromatic N) is 5. The van der Waals surface area contributed by atoms with Crippen LogP contribution in [-0.4, -0.2) is 81.4 Å². The molecule has 0 bridgehead atoms. The molecule has 1 saturated heterocycles. The lowest BCUT2D eigenvalue weighted by atomic mass is 10.0. The van der Waals surface area contributed by atoms with Crippen molar-refractivity contribution in [1.29, 1.82) is 0 Å². The summed E-state index contributed by atoms with van der Waals surface area (Å²) in [6, 6.07) is -0.960. The van der Waals surface area contributed by atoms with Crippen molar-refractivity contribution >= 4 is 75.2 Å². The Morgan fingerprint density at radius 3 is 2.91 bits per heavy atom. The molecule has 2 atom stereocenters. The predicted octanol–water partition coefficient (Wildman–Crippen LogP) is 0.342. The maximum Gasteiger partial charge on any atom is 0.353 e. The van der Waals surface area contributed by atoms with Crippen LogP contribution >= 0.6 is 46.6 Å². The van der Waals surface area contributed by atoms with E-state index in [9.17, 15) is 24.7 Å². The molecule has 33 heavy (non-hydrogen) atoms. The Morgan fingerprint density at radius 1 is 1.45 bits per heavy atom. The van der Waals surface area contributed by atoms with Crippen molar-refractivity contribution in [3.05, 3.63) is 33.6 Å². The molecule has 0 spiro atoms. The number of hydrogen-bond acceptors (Lipinski definition) is 13. The Hall–Kier alpha value is -2.76. The number of thioether (sulfide) groups is 3. The van der Waals surface area contributed by atoms with Crippen molar-refractivity contribution in [2.45, 2.75) is 17.2 Å². The monoisotopic (exact) mass is 528 g/mol. The number of anilines is 1. The summed E-state index contributed by atoms with van der Waals surface area (Å²) in [7, 11) is 0. The number of nitrogens with one attached hydrogen (secondary N) is 2. The van der Waals surface area contributed by atoms with Gasteiger partial charge in [-0.3, -0.25) is 14.5 Å². The Balaban J connectivity index is 1.40. The number of nitrogen functional groups attached to an aromatic ring is 1. The summed E-state index contributed by atoms with van der Waals surface area (Å²) in [5.41, 5.74) is 5.94. The van der Waals surface area contributed by atoms with Crippen LogP contribution < -0.4 is 11.1 Å². The summed E-state index contributed by atoms with van der Waals surface area (Å²) < 4.78 is 0. The van der Waals surface area contributed by atoms with E-state index in [-0.39, 0.29) is 22.2 Å². The highest BCUT2D eigenvalue weighted by atomic mass is 32.2. The van der Waals surface area contributed by atoms with Crippen molar-refractivity contribution in [1.82, 2.24) is 30.6 Å². The molecule has 6 N–H and O–H groups in total. The zero-order valence-corrected chi connectivity index (χ0v) is 19.8.